The number of hydrogen-bond acceptors (Lipinski definition) is 5. The van der Waals surface area contributed by atoms with Crippen LogP contribution in [0.25, 0.3) is 4.96 Å². The fraction of sp³-hybridized carbons (Fsp3) is 0.333. The van der Waals surface area contributed by atoms with E-state index < -0.39 is 6.10 Å². The normalized spacial score (nSPS) is 13.2. The summed E-state index contributed by atoms with van der Waals surface area (Å²) in [6.07, 6.45) is 4.71. The molecule has 3 heterocycles. The zero-order chi connectivity index (χ0) is 12.5. The highest BCUT2D eigenvalue weighted by atomic mass is 32.1. The van der Waals surface area contributed by atoms with Gasteiger partial charge in [0.05, 0.1) is 16.8 Å². The lowest BCUT2D eigenvalue weighted by atomic mass is 10.1. The summed E-state index contributed by atoms with van der Waals surface area (Å²) in [6, 6.07) is 0. The van der Waals surface area contributed by atoms with E-state index in [1.54, 1.807) is 22.7 Å². The van der Waals surface area contributed by atoms with Crippen LogP contribution >= 0.6 is 22.7 Å². The van der Waals surface area contributed by atoms with Gasteiger partial charge in [0, 0.05) is 41.7 Å². The highest BCUT2D eigenvalue weighted by Gasteiger charge is 2.12. The van der Waals surface area contributed by atoms with Crippen molar-refractivity contribution in [1.82, 2.24) is 14.4 Å². The van der Waals surface area contributed by atoms with Crippen LogP contribution in [0.3, 0.4) is 0 Å². The van der Waals surface area contributed by atoms with Crippen LogP contribution in [0.1, 0.15) is 16.4 Å². The molecule has 0 aliphatic carbocycles. The third-order valence-electron chi connectivity index (χ3n) is 2.66. The predicted octanol–water partition coefficient (Wildman–Crippen LogP) is 2.31. The molecule has 18 heavy (non-hydrogen) atoms. The molecule has 0 bridgehead atoms. The van der Waals surface area contributed by atoms with Crippen molar-refractivity contribution < 1.29 is 5.11 Å². The van der Waals surface area contributed by atoms with Crippen LogP contribution in [0.15, 0.2) is 23.2 Å². The van der Waals surface area contributed by atoms with Gasteiger partial charge in [-0.15, -0.1) is 22.7 Å². The molecule has 0 saturated carbocycles. The van der Waals surface area contributed by atoms with Gasteiger partial charge in [0.1, 0.15) is 0 Å². The second kappa shape index (κ2) is 4.79. The standard InChI is InChI=1S/C12H13N3OS2/c1-8-7-18-11(13-8)5-10(16)4-9-6-15-2-3-17-12(15)14-9/h2-3,6-7,10,16H,4-5H2,1H3. The molecule has 0 radical (unpaired) electrons. The Morgan fingerprint density at radius 2 is 2.22 bits per heavy atom. The number of nitrogens with zero attached hydrogens (tertiary/aromatic N) is 3. The number of imidazole rings is 1. The number of fused-ring (bicyclic) bond motifs is 1. The highest BCUT2D eigenvalue weighted by molar-refractivity contribution is 7.15. The number of aliphatic hydroxyl groups excluding tert-OH is 1. The predicted molar refractivity (Wildman–Crippen MR) is 73.3 cm³/mol. The van der Waals surface area contributed by atoms with Gasteiger partial charge in [-0.1, -0.05) is 0 Å². The first-order valence-corrected chi connectivity index (χ1v) is 7.47. The highest BCUT2D eigenvalue weighted by Crippen LogP contribution is 2.15. The van der Waals surface area contributed by atoms with E-state index in [1.165, 1.54) is 0 Å². The molecule has 1 unspecified atom stereocenters. The number of aliphatic hydroxyl groups is 1. The zero-order valence-corrected chi connectivity index (χ0v) is 11.5. The number of aromatic nitrogens is 3. The van der Waals surface area contributed by atoms with Gasteiger partial charge in [-0.3, -0.25) is 4.40 Å². The van der Waals surface area contributed by atoms with E-state index in [-0.39, 0.29) is 0 Å². The van der Waals surface area contributed by atoms with E-state index >= 15 is 0 Å². The van der Waals surface area contributed by atoms with Crippen molar-refractivity contribution in [1.29, 1.82) is 0 Å². The smallest absolute Gasteiger partial charge is 0.193 e. The Labute approximate surface area is 113 Å². The summed E-state index contributed by atoms with van der Waals surface area (Å²) >= 11 is 3.20. The number of thiazole rings is 2. The lowest BCUT2D eigenvalue weighted by molar-refractivity contribution is 0.174. The Hall–Kier alpha value is -1.24. The van der Waals surface area contributed by atoms with E-state index in [9.17, 15) is 5.11 Å². The summed E-state index contributed by atoms with van der Waals surface area (Å²) in [5.74, 6) is 0. The van der Waals surface area contributed by atoms with Crippen molar-refractivity contribution >= 4 is 27.6 Å². The Morgan fingerprint density at radius 3 is 2.94 bits per heavy atom. The maximum absolute atomic E-state index is 10.0. The molecule has 3 aromatic rings. The van der Waals surface area contributed by atoms with E-state index in [4.69, 9.17) is 0 Å². The molecule has 3 aromatic heterocycles. The van der Waals surface area contributed by atoms with Gasteiger partial charge in [-0.25, -0.2) is 9.97 Å². The van der Waals surface area contributed by atoms with Crippen molar-refractivity contribution in [2.24, 2.45) is 0 Å². The fourth-order valence-corrected chi connectivity index (χ4v) is 3.45. The SMILES string of the molecule is Cc1csc(CC(O)Cc2cn3ccsc3n2)n1. The zero-order valence-electron chi connectivity index (χ0n) is 9.91. The van der Waals surface area contributed by atoms with E-state index in [1.807, 2.05) is 34.5 Å². The summed E-state index contributed by atoms with van der Waals surface area (Å²) in [5.41, 5.74) is 1.95. The fourth-order valence-electron chi connectivity index (χ4n) is 1.89. The van der Waals surface area contributed by atoms with Crippen molar-refractivity contribution in [3.05, 3.63) is 39.5 Å². The van der Waals surface area contributed by atoms with Crippen LogP contribution in [0.4, 0.5) is 0 Å². The molecule has 3 rings (SSSR count). The van der Waals surface area contributed by atoms with Gasteiger partial charge >= 0.3 is 0 Å². The summed E-state index contributed by atoms with van der Waals surface area (Å²) in [7, 11) is 0. The summed E-state index contributed by atoms with van der Waals surface area (Å²) in [6.45, 7) is 1.97. The van der Waals surface area contributed by atoms with Crippen LogP contribution in [-0.2, 0) is 12.8 Å². The van der Waals surface area contributed by atoms with E-state index in [2.05, 4.69) is 9.97 Å². The molecule has 0 aliphatic rings. The maximum atomic E-state index is 10.0. The molecular formula is C12H13N3OS2. The van der Waals surface area contributed by atoms with Crippen molar-refractivity contribution in [2.45, 2.75) is 25.9 Å². The third-order valence-corrected chi connectivity index (χ3v) is 4.42. The number of aryl methyl sites for hydroxylation is 1. The molecule has 1 N–H and O–H groups in total. The first-order valence-electron chi connectivity index (χ1n) is 5.71. The van der Waals surface area contributed by atoms with Gasteiger partial charge in [0.2, 0.25) is 0 Å². The summed E-state index contributed by atoms with van der Waals surface area (Å²) in [4.78, 5) is 9.80. The Morgan fingerprint density at radius 1 is 1.33 bits per heavy atom. The summed E-state index contributed by atoms with van der Waals surface area (Å²) in [5, 5.41) is 15.0. The second-order valence-corrected chi connectivity index (χ2v) is 6.09. The van der Waals surface area contributed by atoms with Crippen LogP contribution in [0.5, 0.6) is 0 Å². The molecule has 0 saturated heterocycles. The van der Waals surface area contributed by atoms with E-state index in [0.29, 0.717) is 12.8 Å². The Kier molecular flexibility index (Phi) is 3.15. The molecule has 0 aromatic carbocycles. The number of rotatable bonds is 4. The average molecular weight is 279 g/mol. The largest absolute Gasteiger partial charge is 0.392 e. The Bertz CT molecular complexity index is 626. The molecule has 4 nitrogen and oxygen atoms in total. The molecule has 0 fully saturated rings. The average Bonchev–Trinajstić information content (AvgIpc) is 2.94. The van der Waals surface area contributed by atoms with Gasteiger partial charge < -0.3 is 5.11 Å². The van der Waals surface area contributed by atoms with Crippen molar-refractivity contribution in [3.63, 3.8) is 0 Å². The lowest BCUT2D eigenvalue weighted by Gasteiger charge is -2.05. The Balaban J connectivity index is 1.67. The van der Waals surface area contributed by atoms with Gasteiger partial charge in [0.15, 0.2) is 4.96 Å². The summed E-state index contributed by atoms with van der Waals surface area (Å²) < 4.78 is 1.99. The first-order chi connectivity index (χ1) is 8.70. The van der Waals surface area contributed by atoms with Crippen LogP contribution in [0, 0.1) is 6.92 Å². The molecular weight excluding hydrogens is 266 g/mol. The third kappa shape index (κ3) is 2.45. The van der Waals surface area contributed by atoms with E-state index in [0.717, 1.165) is 21.4 Å². The minimum absolute atomic E-state index is 0.417. The topological polar surface area (TPSA) is 50.4 Å². The molecule has 1 atom stereocenters. The van der Waals surface area contributed by atoms with Crippen molar-refractivity contribution in [2.75, 3.05) is 0 Å². The van der Waals surface area contributed by atoms with Gasteiger partial charge in [-0.2, -0.15) is 0 Å². The molecule has 0 aliphatic heterocycles. The molecule has 0 amide bonds. The van der Waals surface area contributed by atoms with Gasteiger partial charge in [0.25, 0.3) is 0 Å². The first kappa shape index (κ1) is 11.8. The second-order valence-electron chi connectivity index (χ2n) is 4.27. The van der Waals surface area contributed by atoms with Crippen molar-refractivity contribution in [3.8, 4) is 0 Å². The minimum Gasteiger partial charge on any atom is -0.392 e. The monoisotopic (exact) mass is 279 g/mol. The quantitative estimate of drug-likeness (QED) is 0.797. The van der Waals surface area contributed by atoms with Crippen LogP contribution in [0.2, 0.25) is 0 Å². The molecule has 94 valence electrons. The minimum atomic E-state index is -0.417. The van der Waals surface area contributed by atoms with Crippen LogP contribution in [-0.4, -0.2) is 25.6 Å². The van der Waals surface area contributed by atoms with Gasteiger partial charge in [-0.05, 0) is 6.92 Å². The number of hydrogen-bond donors (Lipinski definition) is 1. The molecule has 6 heteroatoms. The molecule has 0 spiro atoms. The lowest BCUT2D eigenvalue weighted by Crippen LogP contribution is -2.14. The maximum Gasteiger partial charge on any atom is 0.193 e. The van der Waals surface area contributed by atoms with Crippen LogP contribution < -0.4 is 0 Å².